The summed E-state index contributed by atoms with van der Waals surface area (Å²) in [5.41, 5.74) is 0.916. The highest BCUT2D eigenvalue weighted by atomic mass is 35.5. The zero-order valence-electron chi connectivity index (χ0n) is 10.8. The number of carbonyl (C=O) groups is 1. The van der Waals surface area contributed by atoms with Gasteiger partial charge in [0.1, 0.15) is 0 Å². The Morgan fingerprint density at radius 2 is 2.22 bits per heavy atom. The molecule has 0 aliphatic carbocycles. The summed E-state index contributed by atoms with van der Waals surface area (Å²) in [4.78, 5) is 11.8. The van der Waals surface area contributed by atoms with E-state index in [0.29, 0.717) is 12.3 Å². The molecular formula is C12H20ClN3O2. The fourth-order valence-corrected chi connectivity index (χ4v) is 2.06. The molecule has 2 rings (SSSR count). The maximum Gasteiger partial charge on any atom is 0.289 e. The molecule has 1 aliphatic heterocycles. The standard InChI is InChI=1S/C12H19N3O2.ClH/c1-9-7-10(17-15-9)11(16)14-8-12(2)3-5-13-6-4-12;/h7,13H,3-6,8H2,1-2H3,(H,14,16);1H. The Morgan fingerprint density at radius 3 is 2.78 bits per heavy atom. The first-order valence-corrected chi connectivity index (χ1v) is 6.01. The van der Waals surface area contributed by atoms with Crippen LogP contribution in [0.25, 0.3) is 0 Å². The molecule has 1 amide bonds. The van der Waals surface area contributed by atoms with E-state index < -0.39 is 0 Å². The Kier molecular flexibility index (Phi) is 5.16. The van der Waals surface area contributed by atoms with Gasteiger partial charge in [-0.15, -0.1) is 12.4 Å². The van der Waals surface area contributed by atoms with Crippen molar-refractivity contribution in [1.82, 2.24) is 15.8 Å². The molecule has 6 heteroatoms. The van der Waals surface area contributed by atoms with Crippen molar-refractivity contribution in [2.24, 2.45) is 5.41 Å². The fourth-order valence-electron chi connectivity index (χ4n) is 2.06. The molecule has 1 fully saturated rings. The minimum Gasteiger partial charge on any atom is -0.351 e. The van der Waals surface area contributed by atoms with Gasteiger partial charge in [0.15, 0.2) is 0 Å². The first-order chi connectivity index (χ1) is 8.09. The molecule has 18 heavy (non-hydrogen) atoms. The van der Waals surface area contributed by atoms with E-state index in [1.54, 1.807) is 13.0 Å². The summed E-state index contributed by atoms with van der Waals surface area (Å²) in [6.07, 6.45) is 2.17. The number of hydrogen-bond acceptors (Lipinski definition) is 4. The summed E-state index contributed by atoms with van der Waals surface area (Å²) in [6, 6.07) is 1.65. The maximum absolute atomic E-state index is 11.8. The van der Waals surface area contributed by atoms with E-state index in [1.165, 1.54) is 0 Å². The Labute approximate surface area is 113 Å². The molecule has 102 valence electrons. The Balaban J connectivity index is 0.00000162. The first kappa shape index (κ1) is 15.0. The largest absolute Gasteiger partial charge is 0.351 e. The van der Waals surface area contributed by atoms with Gasteiger partial charge in [0.05, 0.1) is 5.69 Å². The smallest absolute Gasteiger partial charge is 0.289 e. The first-order valence-electron chi connectivity index (χ1n) is 6.01. The summed E-state index contributed by atoms with van der Waals surface area (Å²) < 4.78 is 4.92. The van der Waals surface area contributed by atoms with E-state index in [2.05, 4.69) is 22.7 Å². The van der Waals surface area contributed by atoms with Gasteiger partial charge in [0, 0.05) is 12.6 Å². The normalized spacial score (nSPS) is 17.9. The zero-order chi connectivity index (χ0) is 12.3. The van der Waals surface area contributed by atoms with Crippen LogP contribution < -0.4 is 10.6 Å². The van der Waals surface area contributed by atoms with Crippen molar-refractivity contribution in [2.75, 3.05) is 19.6 Å². The van der Waals surface area contributed by atoms with Crippen LogP contribution in [0.15, 0.2) is 10.6 Å². The average Bonchev–Trinajstić information content (AvgIpc) is 2.74. The van der Waals surface area contributed by atoms with E-state index in [1.807, 2.05) is 0 Å². The number of aryl methyl sites for hydroxylation is 1. The molecular weight excluding hydrogens is 254 g/mol. The Hall–Kier alpha value is -1.07. The molecule has 5 nitrogen and oxygen atoms in total. The quantitative estimate of drug-likeness (QED) is 0.876. The molecule has 0 spiro atoms. The second kappa shape index (κ2) is 6.20. The molecule has 2 N–H and O–H groups in total. The minimum absolute atomic E-state index is 0. The summed E-state index contributed by atoms with van der Waals surface area (Å²) in [5, 5.41) is 9.95. The Morgan fingerprint density at radius 1 is 1.56 bits per heavy atom. The maximum atomic E-state index is 11.8. The third-order valence-corrected chi connectivity index (χ3v) is 3.34. The van der Waals surface area contributed by atoms with Crippen LogP contribution in [-0.2, 0) is 0 Å². The van der Waals surface area contributed by atoms with Gasteiger partial charge in [-0.3, -0.25) is 4.79 Å². The number of nitrogens with one attached hydrogen (secondary N) is 2. The van der Waals surface area contributed by atoms with Crippen molar-refractivity contribution in [3.63, 3.8) is 0 Å². The minimum atomic E-state index is -0.176. The highest BCUT2D eigenvalue weighted by Gasteiger charge is 2.27. The molecule has 1 saturated heterocycles. The van der Waals surface area contributed by atoms with Crippen LogP contribution in [0.1, 0.15) is 36.0 Å². The number of carbonyl (C=O) groups excluding carboxylic acids is 1. The van der Waals surface area contributed by atoms with E-state index in [4.69, 9.17) is 4.52 Å². The highest BCUT2D eigenvalue weighted by molar-refractivity contribution is 5.91. The summed E-state index contributed by atoms with van der Waals surface area (Å²) >= 11 is 0. The number of rotatable bonds is 3. The lowest BCUT2D eigenvalue weighted by Crippen LogP contribution is -2.42. The summed E-state index contributed by atoms with van der Waals surface area (Å²) in [5.74, 6) is 0.116. The lowest BCUT2D eigenvalue weighted by atomic mass is 9.81. The van der Waals surface area contributed by atoms with Crippen molar-refractivity contribution in [2.45, 2.75) is 26.7 Å². The Bertz CT molecular complexity index is 400. The van der Waals surface area contributed by atoms with Crippen LogP contribution in [0.4, 0.5) is 0 Å². The van der Waals surface area contributed by atoms with Crippen LogP contribution in [0, 0.1) is 12.3 Å². The molecule has 0 saturated carbocycles. The lowest BCUT2D eigenvalue weighted by molar-refractivity contribution is 0.0885. The summed E-state index contributed by atoms with van der Waals surface area (Å²) in [6.45, 7) is 6.74. The molecule has 2 heterocycles. The van der Waals surface area contributed by atoms with Gasteiger partial charge in [-0.25, -0.2) is 0 Å². The predicted octanol–water partition coefficient (Wildman–Crippen LogP) is 1.52. The number of piperidine rings is 1. The van der Waals surface area contributed by atoms with Gasteiger partial charge in [-0.2, -0.15) is 0 Å². The van der Waals surface area contributed by atoms with Crippen molar-refractivity contribution in [1.29, 1.82) is 0 Å². The average molecular weight is 274 g/mol. The van der Waals surface area contributed by atoms with Crippen molar-refractivity contribution in [3.8, 4) is 0 Å². The fraction of sp³-hybridized carbons (Fsp3) is 0.667. The molecule has 0 unspecified atom stereocenters. The molecule has 0 bridgehead atoms. The number of aromatic nitrogens is 1. The van der Waals surface area contributed by atoms with Crippen LogP contribution in [0.5, 0.6) is 0 Å². The van der Waals surface area contributed by atoms with Crippen molar-refractivity contribution >= 4 is 18.3 Å². The highest BCUT2D eigenvalue weighted by Crippen LogP contribution is 2.26. The number of halogens is 1. The molecule has 1 aliphatic rings. The van der Waals surface area contributed by atoms with Crippen molar-refractivity contribution in [3.05, 3.63) is 17.5 Å². The monoisotopic (exact) mass is 273 g/mol. The third-order valence-electron chi connectivity index (χ3n) is 3.34. The van der Waals surface area contributed by atoms with Gasteiger partial charge in [-0.1, -0.05) is 12.1 Å². The van der Waals surface area contributed by atoms with Crippen molar-refractivity contribution < 1.29 is 9.32 Å². The van der Waals surface area contributed by atoms with Crippen LogP contribution in [-0.4, -0.2) is 30.7 Å². The van der Waals surface area contributed by atoms with E-state index in [0.717, 1.165) is 31.6 Å². The SMILES string of the molecule is Cc1cc(C(=O)NCC2(C)CCNCC2)on1.Cl. The van der Waals surface area contributed by atoms with Crippen LogP contribution in [0.2, 0.25) is 0 Å². The van der Waals surface area contributed by atoms with Gasteiger partial charge >= 0.3 is 0 Å². The third kappa shape index (κ3) is 3.71. The van der Waals surface area contributed by atoms with E-state index >= 15 is 0 Å². The summed E-state index contributed by atoms with van der Waals surface area (Å²) in [7, 11) is 0. The van der Waals surface area contributed by atoms with Gasteiger partial charge in [0.25, 0.3) is 5.91 Å². The lowest BCUT2D eigenvalue weighted by Gasteiger charge is -2.33. The molecule has 0 atom stereocenters. The van der Waals surface area contributed by atoms with E-state index in [9.17, 15) is 4.79 Å². The molecule has 0 aromatic carbocycles. The van der Waals surface area contributed by atoms with E-state index in [-0.39, 0.29) is 23.7 Å². The van der Waals surface area contributed by atoms with Gasteiger partial charge in [0.2, 0.25) is 5.76 Å². The van der Waals surface area contributed by atoms with Gasteiger partial charge in [-0.05, 0) is 38.3 Å². The zero-order valence-corrected chi connectivity index (χ0v) is 11.6. The number of nitrogens with zero attached hydrogens (tertiary/aromatic N) is 1. The van der Waals surface area contributed by atoms with Crippen LogP contribution >= 0.6 is 12.4 Å². The second-order valence-corrected chi connectivity index (χ2v) is 5.08. The number of amides is 1. The number of hydrogen-bond donors (Lipinski definition) is 2. The molecule has 1 aromatic rings. The molecule has 0 radical (unpaired) electrons. The predicted molar refractivity (Wildman–Crippen MR) is 71.0 cm³/mol. The second-order valence-electron chi connectivity index (χ2n) is 5.08. The topological polar surface area (TPSA) is 67.2 Å². The van der Waals surface area contributed by atoms with Gasteiger partial charge < -0.3 is 15.2 Å². The molecule has 1 aromatic heterocycles. The van der Waals surface area contributed by atoms with Crippen LogP contribution in [0.3, 0.4) is 0 Å².